The molecule has 2 aromatic carbocycles. The highest BCUT2D eigenvalue weighted by atomic mass is 79.9. The summed E-state index contributed by atoms with van der Waals surface area (Å²) in [4.78, 5) is 12.0. The zero-order chi connectivity index (χ0) is 16.4. The van der Waals surface area contributed by atoms with Gasteiger partial charge in [0.1, 0.15) is 11.3 Å². The van der Waals surface area contributed by atoms with Crippen LogP contribution in [0.4, 0.5) is 0 Å². The summed E-state index contributed by atoms with van der Waals surface area (Å²) >= 11 is 6.55. The Labute approximate surface area is 148 Å². The maximum absolute atomic E-state index is 12.0. The lowest BCUT2D eigenvalue weighted by Crippen LogP contribution is -2.16. The van der Waals surface area contributed by atoms with Crippen molar-refractivity contribution in [2.75, 3.05) is 0 Å². The molecule has 1 aromatic heterocycles. The van der Waals surface area contributed by atoms with E-state index in [2.05, 4.69) is 42.4 Å². The number of amides is 1. The first-order chi connectivity index (χ1) is 11.0. The van der Waals surface area contributed by atoms with Crippen molar-refractivity contribution in [3.63, 3.8) is 0 Å². The number of hydrogen-bond donors (Lipinski definition) is 2. The summed E-state index contributed by atoms with van der Waals surface area (Å²) in [5, 5.41) is 14.6. The number of phenolic OH excluding ortho intramolecular Hbond substituents is 1. The first-order valence-corrected chi connectivity index (χ1v) is 8.13. The molecule has 0 spiro atoms. The molecule has 116 valence electrons. The number of fused-ring (bicyclic) bond motifs is 1. The van der Waals surface area contributed by atoms with E-state index in [1.54, 1.807) is 24.3 Å². The first kappa shape index (κ1) is 15.8. The van der Waals surface area contributed by atoms with Crippen molar-refractivity contribution in [3.8, 4) is 5.75 Å². The van der Waals surface area contributed by atoms with Crippen molar-refractivity contribution in [2.45, 2.75) is 0 Å². The van der Waals surface area contributed by atoms with E-state index in [0.717, 1.165) is 9.86 Å². The minimum Gasteiger partial charge on any atom is -0.506 e. The standard InChI is InChI=1S/C16H10Br2N2O3/c17-11-5-10(15(21)12(18)7-11)8-19-20-16(22)14-6-9-3-1-2-4-13(9)23-14/h1-8,21H,(H,20,22)/b19-8+. The Bertz CT molecular complexity index is 886. The molecule has 2 N–H and O–H groups in total. The summed E-state index contributed by atoms with van der Waals surface area (Å²) < 4.78 is 6.74. The number of carbonyl (C=O) groups excluding carboxylic acids is 1. The SMILES string of the molecule is O=C(N/N=C/c1cc(Br)cc(Br)c1O)c1cc2ccccc2o1. The number of benzene rings is 2. The number of hydrogen-bond acceptors (Lipinski definition) is 4. The van der Waals surface area contributed by atoms with Crippen molar-refractivity contribution in [1.82, 2.24) is 5.43 Å². The third-order valence-corrected chi connectivity index (χ3v) is 4.14. The summed E-state index contributed by atoms with van der Waals surface area (Å²) in [5.41, 5.74) is 3.46. The summed E-state index contributed by atoms with van der Waals surface area (Å²) in [6, 6.07) is 12.4. The number of para-hydroxylation sites is 1. The monoisotopic (exact) mass is 436 g/mol. The third kappa shape index (κ3) is 3.46. The second kappa shape index (κ2) is 6.55. The van der Waals surface area contributed by atoms with Crippen molar-refractivity contribution in [1.29, 1.82) is 0 Å². The van der Waals surface area contributed by atoms with E-state index < -0.39 is 5.91 Å². The molecule has 1 amide bonds. The molecule has 0 aliphatic carbocycles. The molecule has 0 saturated heterocycles. The fraction of sp³-hybridized carbons (Fsp3) is 0. The van der Waals surface area contributed by atoms with Gasteiger partial charge in [0, 0.05) is 15.4 Å². The number of aromatic hydroxyl groups is 1. The van der Waals surface area contributed by atoms with Gasteiger partial charge in [-0.1, -0.05) is 34.1 Å². The molecule has 3 aromatic rings. The van der Waals surface area contributed by atoms with Gasteiger partial charge in [-0.15, -0.1) is 0 Å². The van der Waals surface area contributed by atoms with Crippen molar-refractivity contribution >= 4 is 55.0 Å². The van der Waals surface area contributed by atoms with Crippen LogP contribution in [0.15, 0.2) is 60.9 Å². The zero-order valence-corrected chi connectivity index (χ0v) is 14.8. The van der Waals surface area contributed by atoms with Gasteiger partial charge < -0.3 is 9.52 Å². The number of halogens is 2. The zero-order valence-electron chi connectivity index (χ0n) is 11.6. The second-order valence-electron chi connectivity index (χ2n) is 4.67. The molecule has 0 atom stereocenters. The predicted molar refractivity (Wildman–Crippen MR) is 94.8 cm³/mol. The lowest BCUT2D eigenvalue weighted by molar-refractivity contribution is 0.0929. The lowest BCUT2D eigenvalue weighted by atomic mass is 10.2. The van der Waals surface area contributed by atoms with E-state index in [0.29, 0.717) is 15.6 Å². The molecule has 5 nitrogen and oxygen atoms in total. The van der Waals surface area contributed by atoms with E-state index in [1.807, 2.05) is 18.2 Å². The summed E-state index contributed by atoms with van der Waals surface area (Å²) in [7, 11) is 0. The van der Waals surface area contributed by atoms with Crippen LogP contribution in [0.5, 0.6) is 5.75 Å². The van der Waals surface area contributed by atoms with E-state index >= 15 is 0 Å². The minimum absolute atomic E-state index is 0.0370. The summed E-state index contributed by atoms with van der Waals surface area (Å²) in [5.74, 6) is -0.260. The fourth-order valence-electron chi connectivity index (χ4n) is 1.99. The molecule has 7 heteroatoms. The highest BCUT2D eigenvalue weighted by molar-refractivity contribution is 9.11. The molecule has 0 saturated carbocycles. The van der Waals surface area contributed by atoms with E-state index in [9.17, 15) is 9.90 Å². The number of nitrogens with zero attached hydrogens (tertiary/aromatic N) is 1. The lowest BCUT2D eigenvalue weighted by Gasteiger charge is -2.02. The molecule has 0 radical (unpaired) electrons. The highest BCUT2D eigenvalue weighted by Gasteiger charge is 2.11. The van der Waals surface area contributed by atoms with Gasteiger partial charge in [-0.2, -0.15) is 5.10 Å². The molecule has 0 unspecified atom stereocenters. The number of nitrogens with one attached hydrogen (secondary N) is 1. The molecule has 0 fully saturated rings. The third-order valence-electron chi connectivity index (χ3n) is 3.08. The highest BCUT2D eigenvalue weighted by Crippen LogP contribution is 2.30. The Morgan fingerprint density at radius 1 is 1.22 bits per heavy atom. The Balaban J connectivity index is 1.76. The Morgan fingerprint density at radius 3 is 2.78 bits per heavy atom. The van der Waals surface area contributed by atoms with Crippen LogP contribution in [-0.2, 0) is 0 Å². The van der Waals surface area contributed by atoms with Crippen molar-refractivity contribution in [3.05, 3.63) is 62.7 Å². The quantitative estimate of drug-likeness (QED) is 0.470. The molecule has 0 bridgehead atoms. The van der Waals surface area contributed by atoms with Gasteiger partial charge in [0.15, 0.2) is 5.76 Å². The van der Waals surface area contributed by atoms with Gasteiger partial charge in [-0.05, 0) is 40.2 Å². The van der Waals surface area contributed by atoms with E-state index in [1.165, 1.54) is 6.21 Å². The molecule has 0 aliphatic heterocycles. The average Bonchev–Trinajstić information content (AvgIpc) is 2.96. The second-order valence-corrected chi connectivity index (χ2v) is 6.44. The first-order valence-electron chi connectivity index (χ1n) is 6.54. The maximum atomic E-state index is 12.0. The Kier molecular flexibility index (Phi) is 4.49. The van der Waals surface area contributed by atoms with Crippen LogP contribution in [-0.4, -0.2) is 17.2 Å². The maximum Gasteiger partial charge on any atom is 0.307 e. The number of hydrazone groups is 1. The largest absolute Gasteiger partial charge is 0.506 e. The van der Waals surface area contributed by atoms with Gasteiger partial charge in [-0.25, -0.2) is 5.43 Å². The molecule has 23 heavy (non-hydrogen) atoms. The minimum atomic E-state index is -0.467. The molecule has 0 aliphatic rings. The molecular weight excluding hydrogens is 428 g/mol. The van der Waals surface area contributed by atoms with Crippen molar-refractivity contribution < 1.29 is 14.3 Å². The summed E-state index contributed by atoms with van der Waals surface area (Å²) in [6.07, 6.45) is 1.35. The smallest absolute Gasteiger partial charge is 0.307 e. The number of carbonyl (C=O) groups is 1. The van der Waals surface area contributed by atoms with Crippen LogP contribution in [0.25, 0.3) is 11.0 Å². The normalized spacial score (nSPS) is 11.2. The predicted octanol–water partition coefficient (Wildman–Crippen LogP) is 4.43. The van der Waals surface area contributed by atoms with Crippen LogP contribution in [0.2, 0.25) is 0 Å². The number of rotatable bonds is 3. The number of phenols is 1. The molecule has 1 heterocycles. The Hall–Kier alpha value is -2.12. The van der Waals surface area contributed by atoms with Crippen LogP contribution >= 0.6 is 31.9 Å². The van der Waals surface area contributed by atoms with Gasteiger partial charge in [0.25, 0.3) is 0 Å². The van der Waals surface area contributed by atoms with Crippen LogP contribution in [0, 0.1) is 0 Å². The van der Waals surface area contributed by atoms with Crippen LogP contribution < -0.4 is 5.43 Å². The topological polar surface area (TPSA) is 74.8 Å². The summed E-state index contributed by atoms with van der Waals surface area (Å²) in [6.45, 7) is 0. The molecular formula is C16H10Br2N2O3. The van der Waals surface area contributed by atoms with E-state index in [4.69, 9.17) is 4.42 Å². The van der Waals surface area contributed by atoms with Gasteiger partial charge >= 0.3 is 5.91 Å². The van der Waals surface area contributed by atoms with Gasteiger partial charge in [0.2, 0.25) is 0 Å². The van der Waals surface area contributed by atoms with Crippen molar-refractivity contribution in [2.24, 2.45) is 5.10 Å². The molecule has 3 rings (SSSR count). The average molecular weight is 438 g/mol. The van der Waals surface area contributed by atoms with Crippen LogP contribution in [0.3, 0.4) is 0 Å². The van der Waals surface area contributed by atoms with Crippen LogP contribution in [0.1, 0.15) is 16.1 Å². The van der Waals surface area contributed by atoms with Gasteiger partial charge in [-0.3, -0.25) is 4.79 Å². The Morgan fingerprint density at radius 2 is 2.00 bits per heavy atom. The number of furan rings is 1. The van der Waals surface area contributed by atoms with Gasteiger partial charge in [0.05, 0.1) is 10.7 Å². The van der Waals surface area contributed by atoms with E-state index in [-0.39, 0.29) is 11.5 Å². The fourth-order valence-corrected chi connectivity index (χ4v) is 3.25.